The molecule has 2 aliphatic heterocycles. The highest BCUT2D eigenvalue weighted by Crippen LogP contribution is 2.37. The van der Waals surface area contributed by atoms with Gasteiger partial charge in [-0.1, -0.05) is 24.3 Å². The number of hydrogen-bond acceptors (Lipinski definition) is 7. The lowest BCUT2D eigenvalue weighted by Gasteiger charge is -2.37. The van der Waals surface area contributed by atoms with E-state index in [4.69, 9.17) is 4.74 Å². The summed E-state index contributed by atoms with van der Waals surface area (Å²) in [7, 11) is 0. The molecule has 2 heterocycles. The summed E-state index contributed by atoms with van der Waals surface area (Å²) in [5, 5.41) is 20.8. The van der Waals surface area contributed by atoms with Crippen LogP contribution in [0.3, 0.4) is 0 Å². The SMILES string of the molecule is O=C(O)c1cc([N+](=O)[O-])ccc1Oc1ccccc1CN1CCc2cc(N3CCN(c4cccc(C(F)(F)F)c4)CC3)ccc21. The van der Waals surface area contributed by atoms with E-state index >= 15 is 0 Å². The zero-order chi connectivity index (χ0) is 31.7. The highest BCUT2D eigenvalue weighted by atomic mass is 19.4. The van der Waals surface area contributed by atoms with E-state index in [0.29, 0.717) is 44.2 Å². The summed E-state index contributed by atoms with van der Waals surface area (Å²) in [5.74, 6) is -0.856. The van der Waals surface area contributed by atoms with Crippen LogP contribution in [0.15, 0.2) is 84.9 Å². The molecular weight excluding hydrogens is 589 g/mol. The Morgan fingerprint density at radius 2 is 1.56 bits per heavy atom. The lowest BCUT2D eigenvalue weighted by Crippen LogP contribution is -2.46. The first-order chi connectivity index (χ1) is 21.6. The van der Waals surface area contributed by atoms with E-state index in [-0.39, 0.29) is 17.0 Å². The van der Waals surface area contributed by atoms with Crippen molar-refractivity contribution in [1.29, 1.82) is 0 Å². The fraction of sp³-hybridized carbons (Fsp3) is 0.242. The first-order valence-corrected chi connectivity index (χ1v) is 14.4. The number of carboxylic acids is 1. The van der Waals surface area contributed by atoms with Gasteiger partial charge >= 0.3 is 12.1 Å². The number of non-ortho nitro benzene ring substituents is 1. The van der Waals surface area contributed by atoms with E-state index in [1.807, 2.05) is 17.0 Å². The predicted octanol–water partition coefficient (Wildman–Crippen LogP) is 6.99. The lowest BCUT2D eigenvalue weighted by molar-refractivity contribution is -0.384. The Kier molecular flexibility index (Phi) is 7.96. The summed E-state index contributed by atoms with van der Waals surface area (Å²) >= 11 is 0. The molecule has 0 unspecified atom stereocenters. The van der Waals surface area contributed by atoms with E-state index in [9.17, 15) is 33.2 Å². The summed E-state index contributed by atoms with van der Waals surface area (Å²) < 4.78 is 45.6. The van der Waals surface area contributed by atoms with Crippen molar-refractivity contribution in [3.05, 3.63) is 117 Å². The minimum atomic E-state index is -4.37. The fourth-order valence-electron chi connectivity index (χ4n) is 5.86. The van der Waals surface area contributed by atoms with Gasteiger partial charge in [-0.15, -0.1) is 0 Å². The van der Waals surface area contributed by atoms with Crippen molar-refractivity contribution in [3.8, 4) is 11.5 Å². The number of carbonyl (C=O) groups is 1. The number of nitro benzene ring substituents is 1. The number of halogens is 3. The van der Waals surface area contributed by atoms with Crippen molar-refractivity contribution in [1.82, 2.24) is 0 Å². The number of fused-ring (bicyclic) bond motifs is 1. The van der Waals surface area contributed by atoms with Crippen LogP contribution < -0.4 is 19.4 Å². The van der Waals surface area contributed by atoms with Crippen LogP contribution in [0.1, 0.15) is 27.0 Å². The molecule has 1 fully saturated rings. The number of nitrogens with zero attached hydrogens (tertiary/aromatic N) is 4. The highest BCUT2D eigenvalue weighted by molar-refractivity contribution is 5.92. The largest absolute Gasteiger partial charge is 0.478 e. The third-order valence-electron chi connectivity index (χ3n) is 8.20. The van der Waals surface area contributed by atoms with Gasteiger partial charge in [0.25, 0.3) is 5.69 Å². The molecule has 0 atom stereocenters. The molecule has 4 aromatic carbocycles. The van der Waals surface area contributed by atoms with Gasteiger partial charge in [-0.2, -0.15) is 13.2 Å². The van der Waals surface area contributed by atoms with Crippen molar-refractivity contribution < 1.29 is 32.7 Å². The summed E-state index contributed by atoms with van der Waals surface area (Å²) in [6.45, 7) is 3.87. The Morgan fingerprint density at radius 1 is 0.844 bits per heavy atom. The van der Waals surface area contributed by atoms with Gasteiger partial charge in [0, 0.05) is 74.0 Å². The van der Waals surface area contributed by atoms with Gasteiger partial charge in [-0.3, -0.25) is 10.1 Å². The molecule has 4 aromatic rings. The molecule has 2 aliphatic rings. The quantitative estimate of drug-likeness (QED) is 0.167. The number of benzene rings is 4. The average Bonchev–Trinajstić information content (AvgIpc) is 3.43. The second-order valence-electron chi connectivity index (χ2n) is 11.0. The Bertz CT molecular complexity index is 1750. The van der Waals surface area contributed by atoms with Gasteiger partial charge in [-0.25, -0.2) is 4.79 Å². The topological polar surface area (TPSA) is 99.4 Å². The Morgan fingerprint density at radius 3 is 2.24 bits per heavy atom. The molecule has 0 spiro atoms. The van der Waals surface area contributed by atoms with Crippen molar-refractivity contribution in [2.45, 2.75) is 19.1 Å². The summed E-state index contributed by atoms with van der Waals surface area (Å²) in [5.41, 5.74) is 3.47. The van der Waals surface area contributed by atoms with Gasteiger partial charge in [-0.05, 0) is 60.5 Å². The van der Waals surface area contributed by atoms with Gasteiger partial charge in [0.1, 0.15) is 17.1 Å². The number of ether oxygens (including phenoxy) is 1. The molecule has 0 bridgehead atoms. The van der Waals surface area contributed by atoms with Gasteiger partial charge in [0.15, 0.2) is 0 Å². The van der Waals surface area contributed by atoms with E-state index in [1.165, 1.54) is 29.8 Å². The van der Waals surface area contributed by atoms with Crippen molar-refractivity contribution in [2.75, 3.05) is 47.4 Å². The lowest BCUT2D eigenvalue weighted by atomic mass is 10.1. The van der Waals surface area contributed by atoms with Crippen LogP contribution in [-0.2, 0) is 19.1 Å². The number of carboxylic acid groups (broad SMARTS) is 1. The molecule has 1 saturated heterocycles. The van der Waals surface area contributed by atoms with Crippen molar-refractivity contribution >= 4 is 28.7 Å². The van der Waals surface area contributed by atoms with E-state index in [2.05, 4.69) is 28.0 Å². The first kappa shape index (κ1) is 29.8. The molecule has 0 aromatic heterocycles. The number of nitro groups is 1. The van der Waals surface area contributed by atoms with Crippen molar-refractivity contribution in [2.24, 2.45) is 0 Å². The molecule has 6 rings (SSSR count). The average molecular weight is 619 g/mol. The number of piperazine rings is 1. The van der Waals surface area contributed by atoms with Crippen LogP contribution >= 0.6 is 0 Å². The number of rotatable bonds is 8. The third-order valence-corrected chi connectivity index (χ3v) is 8.20. The van der Waals surface area contributed by atoms with Gasteiger partial charge in [0.2, 0.25) is 0 Å². The van der Waals surface area contributed by atoms with Crippen LogP contribution in [-0.4, -0.2) is 48.7 Å². The second kappa shape index (κ2) is 12.0. The number of aromatic carboxylic acids is 1. The summed E-state index contributed by atoms with van der Waals surface area (Å²) in [6, 6.07) is 22.6. The molecule has 0 radical (unpaired) electrons. The zero-order valence-corrected chi connectivity index (χ0v) is 24.0. The second-order valence-corrected chi connectivity index (χ2v) is 11.0. The number of hydrogen-bond donors (Lipinski definition) is 1. The van der Waals surface area contributed by atoms with E-state index in [0.717, 1.165) is 42.0 Å². The monoisotopic (exact) mass is 618 g/mol. The van der Waals surface area contributed by atoms with Crippen LogP contribution in [0, 0.1) is 10.1 Å². The highest BCUT2D eigenvalue weighted by Gasteiger charge is 2.31. The molecule has 45 heavy (non-hydrogen) atoms. The fourth-order valence-corrected chi connectivity index (χ4v) is 5.86. The van der Waals surface area contributed by atoms with Crippen molar-refractivity contribution in [3.63, 3.8) is 0 Å². The molecule has 0 saturated carbocycles. The maximum absolute atomic E-state index is 13.2. The Balaban J connectivity index is 1.13. The summed E-state index contributed by atoms with van der Waals surface area (Å²) in [4.78, 5) is 28.7. The maximum Gasteiger partial charge on any atom is 0.416 e. The smallest absolute Gasteiger partial charge is 0.416 e. The standard InChI is InChI=1S/C33H29F3N4O5/c34-33(35,36)24-5-3-6-25(19-24)37-14-16-38(17-15-37)26-8-10-29-22(18-26)12-13-39(29)21-23-4-1-2-7-30(23)45-31-11-9-27(40(43)44)20-28(31)32(41)42/h1-11,18-20H,12-17,21H2,(H,41,42). The molecule has 0 aliphatic carbocycles. The van der Waals surface area contributed by atoms with Crippen LogP contribution in [0.25, 0.3) is 0 Å². The molecule has 232 valence electrons. The van der Waals surface area contributed by atoms with Gasteiger partial charge in [0.05, 0.1) is 10.5 Å². The number of para-hydroxylation sites is 1. The number of anilines is 3. The van der Waals surface area contributed by atoms with E-state index in [1.54, 1.807) is 18.2 Å². The molecular formula is C33H29F3N4O5. The summed E-state index contributed by atoms with van der Waals surface area (Å²) in [6.07, 6.45) is -3.54. The molecule has 1 N–H and O–H groups in total. The third kappa shape index (κ3) is 6.35. The predicted molar refractivity (Wildman–Crippen MR) is 164 cm³/mol. The first-order valence-electron chi connectivity index (χ1n) is 14.4. The van der Waals surface area contributed by atoms with Crippen LogP contribution in [0.4, 0.5) is 35.9 Å². The number of alkyl halides is 3. The Labute approximate surface area is 256 Å². The normalized spacial score (nSPS) is 14.8. The molecule has 0 amide bonds. The maximum atomic E-state index is 13.2. The van der Waals surface area contributed by atoms with Gasteiger partial charge < -0.3 is 24.5 Å². The van der Waals surface area contributed by atoms with Crippen LogP contribution in [0.5, 0.6) is 11.5 Å². The zero-order valence-electron chi connectivity index (χ0n) is 24.0. The minimum absolute atomic E-state index is 0.0140. The molecule has 12 heteroatoms. The Hall–Kier alpha value is -5.26. The van der Waals surface area contributed by atoms with E-state index < -0.39 is 22.6 Å². The molecule has 9 nitrogen and oxygen atoms in total. The van der Waals surface area contributed by atoms with Crippen LogP contribution in [0.2, 0.25) is 0 Å². The minimum Gasteiger partial charge on any atom is -0.478 e.